The Kier molecular flexibility index (Phi) is 6.41. The van der Waals surface area contributed by atoms with Crippen LogP contribution >= 0.6 is 46.1 Å². The van der Waals surface area contributed by atoms with Gasteiger partial charge in [-0.3, -0.25) is 4.79 Å². The molecule has 2 aromatic rings. The molecule has 0 aliphatic carbocycles. The molecular formula is C15H15Cl3N2O2S. The topological polar surface area (TPSA) is 50.4 Å². The van der Waals surface area contributed by atoms with E-state index in [2.05, 4.69) is 10.6 Å². The van der Waals surface area contributed by atoms with Crippen molar-refractivity contribution in [3.63, 3.8) is 0 Å². The summed E-state index contributed by atoms with van der Waals surface area (Å²) in [6.45, 7) is 2.49. The van der Waals surface area contributed by atoms with Crippen LogP contribution in [0.3, 0.4) is 0 Å². The molecular weight excluding hydrogens is 379 g/mol. The Hall–Kier alpha value is -1.14. The number of ether oxygens (including phenoxy) is 1. The highest BCUT2D eigenvalue weighted by Crippen LogP contribution is 2.31. The maximum absolute atomic E-state index is 12.2. The smallest absolute Gasteiger partial charge is 0.263 e. The van der Waals surface area contributed by atoms with Crippen molar-refractivity contribution in [3.8, 4) is 5.75 Å². The maximum Gasteiger partial charge on any atom is 0.263 e. The number of nitrogens with one attached hydrogen (secondary N) is 2. The van der Waals surface area contributed by atoms with Crippen molar-refractivity contribution >= 4 is 57.7 Å². The first-order valence-electron chi connectivity index (χ1n) is 6.80. The lowest BCUT2D eigenvalue weighted by molar-refractivity contribution is 0.0946. The van der Waals surface area contributed by atoms with Crippen LogP contribution in [-0.4, -0.2) is 22.5 Å². The minimum atomic E-state index is -1.72. The zero-order valence-electron chi connectivity index (χ0n) is 12.2. The van der Waals surface area contributed by atoms with Gasteiger partial charge < -0.3 is 15.4 Å². The molecule has 1 aromatic heterocycles. The fourth-order valence-corrected chi connectivity index (χ4v) is 2.74. The lowest BCUT2D eigenvalue weighted by Crippen LogP contribution is -2.48. The second-order valence-corrected chi connectivity index (χ2v) is 7.84. The van der Waals surface area contributed by atoms with Gasteiger partial charge in [-0.05, 0) is 42.6 Å². The van der Waals surface area contributed by atoms with Gasteiger partial charge in [-0.15, -0.1) is 11.3 Å². The number of anilines is 1. The van der Waals surface area contributed by atoms with Crippen molar-refractivity contribution in [2.24, 2.45) is 0 Å². The summed E-state index contributed by atoms with van der Waals surface area (Å²) in [4.78, 5) is 12.7. The van der Waals surface area contributed by atoms with E-state index in [1.165, 1.54) is 11.3 Å². The summed E-state index contributed by atoms with van der Waals surface area (Å²) < 4.78 is 3.66. The van der Waals surface area contributed by atoms with Gasteiger partial charge >= 0.3 is 0 Å². The summed E-state index contributed by atoms with van der Waals surface area (Å²) in [5.41, 5.74) is 0.691. The SMILES string of the molecule is CCOc1ccc(NC(NC(=O)c2cccs2)C(Cl)(Cl)Cl)cc1. The van der Waals surface area contributed by atoms with Crippen molar-refractivity contribution in [2.45, 2.75) is 16.9 Å². The van der Waals surface area contributed by atoms with Crippen LogP contribution < -0.4 is 15.4 Å². The Morgan fingerprint density at radius 3 is 2.48 bits per heavy atom. The van der Waals surface area contributed by atoms with E-state index in [-0.39, 0.29) is 5.91 Å². The largest absolute Gasteiger partial charge is 0.494 e. The van der Waals surface area contributed by atoms with Crippen molar-refractivity contribution < 1.29 is 9.53 Å². The minimum Gasteiger partial charge on any atom is -0.494 e. The van der Waals surface area contributed by atoms with Gasteiger partial charge in [0.15, 0.2) is 0 Å². The lowest BCUT2D eigenvalue weighted by atomic mass is 10.3. The Labute approximate surface area is 153 Å². The average molecular weight is 394 g/mol. The van der Waals surface area contributed by atoms with E-state index in [9.17, 15) is 4.79 Å². The molecule has 4 nitrogen and oxygen atoms in total. The number of benzene rings is 1. The predicted octanol–water partition coefficient (Wildman–Crippen LogP) is 4.69. The fourth-order valence-electron chi connectivity index (χ4n) is 1.79. The fraction of sp³-hybridized carbons (Fsp3) is 0.267. The van der Waals surface area contributed by atoms with Crippen LogP contribution in [0, 0.1) is 0 Å². The number of thiophene rings is 1. The molecule has 1 unspecified atom stereocenters. The van der Waals surface area contributed by atoms with Gasteiger partial charge in [0.25, 0.3) is 5.91 Å². The third kappa shape index (κ3) is 5.46. The van der Waals surface area contributed by atoms with E-state index in [1.807, 2.05) is 6.92 Å². The van der Waals surface area contributed by atoms with Gasteiger partial charge in [0.05, 0.1) is 11.5 Å². The van der Waals surface area contributed by atoms with Gasteiger partial charge in [0, 0.05) is 5.69 Å². The average Bonchev–Trinajstić information content (AvgIpc) is 3.02. The highest BCUT2D eigenvalue weighted by Gasteiger charge is 2.34. The van der Waals surface area contributed by atoms with E-state index in [1.54, 1.807) is 41.8 Å². The summed E-state index contributed by atoms with van der Waals surface area (Å²) in [6, 6.07) is 10.6. The Balaban J connectivity index is 2.08. The van der Waals surface area contributed by atoms with Crippen LogP contribution in [-0.2, 0) is 0 Å². The normalized spacial score (nSPS) is 12.5. The summed E-state index contributed by atoms with van der Waals surface area (Å²) >= 11 is 19.2. The Morgan fingerprint density at radius 2 is 1.96 bits per heavy atom. The van der Waals surface area contributed by atoms with E-state index in [0.29, 0.717) is 17.2 Å². The highest BCUT2D eigenvalue weighted by molar-refractivity contribution is 7.12. The molecule has 23 heavy (non-hydrogen) atoms. The van der Waals surface area contributed by atoms with Crippen molar-refractivity contribution in [3.05, 3.63) is 46.7 Å². The van der Waals surface area contributed by atoms with Crippen LogP contribution in [0.5, 0.6) is 5.75 Å². The molecule has 124 valence electrons. The quantitative estimate of drug-likeness (QED) is 0.553. The van der Waals surface area contributed by atoms with Gasteiger partial charge in [-0.1, -0.05) is 40.9 Å². The van der Waals surface area contributed by atoms with Crippen molar-refractivity contribution in [1.29, 1.82) is 0 Å². The van der Waals surface area contributed by atoms with Crippen molar-refractivity contribution in [2.75, 3.05) is 11.9 Å². The van der Waals surface area contributed by atoms with Crippen LogP contribution in [0.1, 0.15) is 16.6 Å². The van der Waals surface area contributed by atoms with Crippen LogP contribution in [0.25, 0.3) is 0 Å². The second-order valence-electron chi connectivity index (χ2n) is 4.53. The van der Waals surface area contributed by atoms with Crippen molar-refractivity contribution in [1.82, 2.24) is 5.32 Å². The molecule has 0 fully saturated rings. The summed E-state index contributed by atoms with van der Waals surface area (Å²) in [7, 11) is 0. The number of hydrogen-bond acceptors (Lipinski definition) is 4. The zero-order valence-corrected chi connectivity index (χ0v) is 15.3. The molecule has 0 aliphatic heterocycles. The molecule has 2 N–H and O–H groups in total. The molecule has 0 aliphatic rings. The third-order valence-electron chi connectivity index (χ3n) is 2.82. The number of carbonyl (C=O) groups is 1. The lowest BCUT2D eigenvalue weighted by Gasteiger charge is -2.27. The minimum absolute atomic E-state index is 0.310. The number of halogens is 3. The monoisotopic (exact) mass is 392 g/mol. The predicted molar refractivity (Wildman–Crippen MR) is 97.1 cm³/mol. The van der Waals surface area contributed by atoms with Gasteiger partial charge in [-0.2, -0.15) is 0 Å². The molecule has 0 radical (unpaired) electrons. The van der Waals surface area contributed by atoms with Gasteiger partial charge in [0.1, 0.15) is 11.9 Å². The molecule has 0 saturated heterocycles. The van der Waals surface area contributed by atoms with Gasteiger partial charge in [0.2, 0.25) is 3.79 Å². The molecule has 1 atom stereocenters. The number of carbonyl (C=O) groups excluding carboxylic acids is 1. The molecule has 8 heteroatoms. The molecule has 1 amide bonds. The molecule has 0 spiro atoms. The highest BCUT2D eigenvalue weighted by atomic mass is 35.6. The van der Waals surface area contributed by atoms with Gasteiger partial charge in [-0.25, -0.2) is 0 Å². The number of alkyl halides is 3. The number of rotatable bonds is 6. The first-order valence-corrected chi connectivity index (χ1v) is 8.82. The third-order valence-corrected chi connectivity index (χ3v) is 4.35. The first-order chi connectivity index (χ1) is 10.9. The summed E-state index contributed by atoms with van der Waals surface area (Å²) in [5, 5.41) is 7.49. The summed E-state index contributed by atoms with van der Waals surface area (Å²) in [5.74, 6) is 0.431. The standard InChI is InChI=1S/C15H15Cl3N2O2S/c1-2-22-11-7-5-10(6-8-11)19-14(15(16,17)18)20-13(21)12-4-3-9-23-12/h3-9,14,19H,2H2,1H3,(H,20,21). The van der Waals surface area contributed by atoms with E-state index < -0.39 is 9.96 Å². The second kappa shape index (κ2) is 8.11. The first kappa shape index (κ1) is 18.2. The molecule has 1 aromatic carbocycles. The zero-order chi connectivity index (χ0) is 16.9. The van der Waals surface area contributed by atoms with Crippen LogP contribution in [0.4, 0.5) is 5.69 Å². The molecule has 0 bridgehead atoms. The number of amides is 1. The molecule has 0 saturated carbocycles. The van der Waals surface area contributed by atoms with Crippen LogP contribution in [0.2, 0.25) is 0 Å². The summed E-state index contributed by atoms with van der Waals surface area (Å²) in [6.07, 6.45) is -0.889. The van der Waals surface area contributed by atoms with E-state index >= 15 is 0 Å². The molecule has 1 heterocycles. The van der Waals surface area contributed by atoms with E-state index in [4.69, 9.17) is 39.5 Å². The number of hydrogen-bond donors (Lipinski definition) is 2. The van der Waals surface area contributed by atoms with Crippen LogP contribution in [0.15, 0.2) is 41.8 Å². The Morgan fingerprint density at radius 1 is 1.26 bits per heavy atom. The van der Waals surface area contributed by atoms with E-state index in [0.717, 1.165) is 5.75 Å². The Bertz CT molecular complexity index is 627. The maximum atomic E-state index is 12.2. The molecule has 2 rings (SSSR count).